The minimum absolute atomic E-state index is 0.0202. The minimum Gasteiger partial charge on any atom is -0.481 e. The Hall–Kier alpha value is -1.06. The highest BCUT2D eigenvalue weighted by molar-refractivity contribution is 5.89. The van der Waals surface area contributed by atoms with Gasteiger partial charge in [0.25, 0.3) is 0 Å². The van der Waals surface area contributed by atoms with Gasteiger partial charge < -0.3 is 10.4 Å². The second-order valence-electron chi connectivity index (χ2n) is 7.92. The third-order valence-corrected chi connectivity index (χ3v) is 6.25. The van der Waals surface area contributed by atoms with E-state index in [1.807, 2.05) is 0 Å². The van der Waals surface area contributed by atoms with E-state index in [2.05, 4.69) is 5.32 Å². The molecule has 4 nitrogen and oxygen atoms in total. The van der Waals surface area contributed by atoms with Gasteiger partial charge in [-0.05, 0) is 68.1 Å². The maximum absolute atomic E-state index is 12.0. The van der Waals surface area contributed by atoms with Gasteiger partial charge in [-0.2, -0.15) is 0 Å². The molecule has 0 heterocycles. The van der Waals surface area contributed by atoms with Gasteiger partial charge in [0.15, 0.2) is 0 Å². The fraction of sp³-hybridized carbons (Fsp3) is 0.875. The van der Waals surface area contributed by atoms with Gasteiger partial charge in [-0.3, -0.25) is 9.59 Å². The number of carboxylic acid groups (broad SMARTS) is 1. The molecule has 5 aliphatic carbocycles. The molecule has 0 aliphatic heterocycles. The number of carbonyl (C=O) groups excluding carboxylic acids is 1. The van der Waals surface area contributed by atoms with Crippen LogP contribution >= 0.6 is 0 Å². The summed E-state index contributed by atoms with van der Waals surface area (Å²) in [4.78, 5) is 22.9. The molecule has 110 valence electrons. The highest BCUT2D eigenvalue weighted by Gasteiger charge is 2.52. The first-order valence-electron chi connectivity index (χ1n) is 8.05. The van der Waals surface area contributed by atoms with Crippen LogP contribution in [0.1, 0.15) is 44.9 Å². The molecule has 1 amide bonds. The molecule has 5 aliphatic rings. The Labute approximate surface area is 119 Å². The molecule has 0 spiro atoms. The number of nitrogens with one attached hydrogen (secondary N) is 1. The summed E-state index contributed by atoms with van der Waals surface area (Å²) in [6, 6.07) is 0. The average molecular weight is 277 g/mol. The van der Waals surface area contributed by atoms with E-state index in [-0.39, 0.29) is 11.8 Å². The van der Waals surface area contributed by atoms with Crippen molar-refractivity contribution in [3.05, 3.63) is 0 Å². The van der Waals surface area contributed by atoms with Gasteiger partial charge in [0.2, 0.25) is 5.91 Å². The lowest BCUT2D eigenvalue weighted by atomic mass is 9.49. The Balaban J connectivity index is 1.36. The summed E-state index contributed by atoms with van der Waals surface area (Å²) in [5.41, 5.74) is 0.345. The molecule has 4 heteroatoms. The summed E-state index contributed by atoms with van der Waals surface area (Å²) in [5, 5.41) is 12.0. The van der Waals surface area contributed by atoms with Crippen LogP contribution in [0, 0.1) is 35.0 Å². The topological polar surface area (TPSA) is 66.4 Å². The number of aliphatic carboxylic acids is 1. The Bertz CT molecular complexity index is 423. The largest absolute Gasteiger partial charge is 0.481 e. The second kappa shape index (κ2) is 4.22. The van der Waals surface area contributed by atoms with Crippen LogP contribution in [0.2, 0.25) is 0 Å². The molecule has 2 N–H and O–H groups in total. The number of carbonyl (C=O) groups is 2. The SMILES string of the molecule is O=C(O)C1CC1C(=O)NCC12CC3CC(CC(C3)C1)C2. The first kappa shape index (κ1) is 12.7. The fourth-order valence-electron chi connectivity index (χ4n) is 5.67. The Morgan fingerprint density at radius 3 is 1.95 bits per heavy atom. The molecule has 0 radical (unpaired) electrons. The summed E-state index contributed by atoms with van der Waals surface area (Å²) in [6.07, 6.45) is 8.62. The molecular formula is C16H23NO3. The van der Waals surface area contributed by atoms with Crippen molar-refractivity contribution < 1.29 is 14.7 Å². The van der Waals surface area contributed by atoms with E-state index in [0.717, 1.165) is 24.3 Å². The van der Waals surface area contributed by atoms with Crippen molar-refractivity contribution in [3.63, 3.8) is 0 Å². The predicted octanol–water partition coefficient (Wildman–Crippen LogP) is 2.04. The van der Waals surface area contributed by atoms with Crippen LogP contribution < -0.4 is 5.32 Å². The van der Waals surface area contributed by atoms with Crippen molar-refractivity contribution in [1.82, 2.24) is 5.32 Å². The number of rotatable bonds is 4. The average Bonchev–Trinajstić information content (AvgIpc) is 3.14. The van der Waals surface area contributed by atoms with E-state index >= 15 is 0 Å². The van der Waals surface area contributed by atoms with Gasteiger partial charge in [-0.25, -0.2) is 0 Å². The Morgan fingerprint density at radius 2 is 1.50 bits per heavy atom. The zero-order chi connectivity index (χ0) is 13.9. The highest BCUT2D eigenvalue weighted by atomic mass is 16.4. The van der Waals surface area contributed by atoms with Crippen molar-refractivity contribution in [2.24, 2.45) is 35.0 Å². The monoisotopic (exact) mass is 277 g/mol. The predicted molar refractivity (Wildman–Crippen MR) is 72.8 cm³/mol. The van der Waals surface area contributed by atoms with Crippen LogP contribution in [0.15, 0.2) is 0 Å². The van der Waals surface area contributed by atoms with Gasteiger partial charge >= 0.3 is 5.97 Å². The van der Waals surface area contributed by atoms with Crippen molar-refractivity contribution in [2.75, 3.05) is 6.54 Å². The van der Waals surface area contributed by atoms with Crippen LogP contribution in [0.3, 0.4) is 0 Å². The van der Waals surface area contributed by atoms with E-state index < -0.39 is 11.9 Å². The minimum atomic E-state index is -0.819. The lowest BCUT2D eigenvalue weighted by Crippen LogP contribution is -2.51. The maximum atomic E-state index is 12.0. The van der Waals surface area contributed by atoms with Crippen molar-refractivity contribution in [2.45, 2.75) is 44.9 Å². The van der Waals surface area contributed by atoms with Crippen molar-refractivity contribution >= 4 is 11.9 Å². The number of hydrogen-bond acceptors (Lipinski definition) is 2. The molecule has 2 atom stereocenters. The van der Waals surface area contributed by atoms with E-state index in [4.69, 9.17) is 5.11 Å². The zero-order valence-corrected chi connectivity index (χ0v) is 11.8. The van der Waals surface area contributed by atoms with Crippen LogP contribution in [0.5, 0.6) is 0 Å². The van der Waals surface area contributed by atoms with Gasteiger partial charge in [0, 0.05) is 6.54 Å². The lowest BCUT2D eigenvalue weighted by molar-refractivity contribution is -0.140. The lowest BCUT2D eigenvalue weighted by Gasteiger charge is -2.56. The van der Waals surface area contributed by atoms with E-state index in [1.165, 1.54) is 38.5 Å². The smallest absolute Gasteiger partial charge is 0.307 e. The fourth-order valence-corrected chi connectivity index (χ4v) is 5.67. The summed E-state index contributed by atoms with van der Waals surface area (Å²) in [7, 11) is 0. The number of carboxylic acids is 1. The van der Waals surface area contributed by atoms with Crippen LogP contribution in [-0.4, -0.2) is 23.5 Å². The molecule has 4 bridgehead atoms. The van der Waals surface area contributed by atoms with Gasteiger partial charge in [-0.1, -0.05) is 0 Å². The van der Waals surface area contributed by atoms with Crippen LogP contribution in [0.25, 0.3) is 0 Å². The van der Waals surface area contributed by atoms with E-state index in [9.17, 15) is 9.59 Å². The molecule has 5 saturated carbocycles. The summed E-state index contributed by atoms with van der Waals surface area (Å²) < 4.78 is 0. The molecule has 0 aromatic carbocycles. The summed E-state index contributed by atoms with van der Waals surface area (Å²) in [5.74, 6) is 1.16. The summed E-state index contributed by atoms with van der Waals surface area (Å²) in [6.45, 7) is 0.790. The maximum Gasteiger partial charge on any atom is 0.307 e. The normalized spacial score (nSPS) is 48.1. The number of amides is 1. The Morgan fingerprint density at radius 1 is 0.950 bits per heavy atom. The van der Waals surface area contributed by atoms with Crippen molar-refractivity contribution in [3.8, 4) is 0 Å². The van der Waals surface area contributed by atoms with Gasteiger partial charge in [-0.15, -0.1) is 0 Å². The molecular weight excluding hydrogens is 254 g/mol. The first-order valence-corrected chi connectivity index (χ1v) is 8.05. The third kappa shape index (κ3) is 2.04. The van der Waals surface area contributed by atoms with E-state index in [1.54, 1.807) is 0 Å². The summed E-state index contributed by atoms with van der Waals surface area (Å²) >= 11 is 0. The molecule has 0 saturated heterocycles. The van der Waals surface area contributed by atoms with Gasteiger partial charge in [0.1, 0.15) is 0 Å². The molecule has 0 aromatic heterocycles. The van der Waals surface area contributed by atoms with Crippen LogP contribution in [0.4, 0.5) is 0 Å². The first-order chi connectivity index (χ1) is 9.55. The highest BCUT2D eigenvalue weighted by Crippen LogP contribution is 2.59. The molecule has 0 aromatic rings. The molecule has 2 unspecified atom stereocenters. The van der Waals surface area contributed by atoms with Crippen molar-refractivity contribution in [1.29, 1.82) is 0 Å². The van der Waals surface area contributed by atoms with Gasteiger partial charge in [0.05, 0.1) is 11.8 Å². The third-order valence-electron chi connectivity index (χ3n) is 6.25. The Kier molecular flexibility index (Phi) is 2.67. The van der Waals surface area contributed by atoms with Crippen LogP contribution in [-0.2, 0) is 9.59 Å². The standard InChI is InChI=1S/C16H23NO3/c18-14(12-4-13(12)15(19)20)17-8-16-5-9-1-10(6-16)3-11(2-9)7-16/h9-13H,1-8H2,(H,17,18)(H,19,20). The molecule has 20 heavy (non-hydrogen) atoms. The molecule has 5 rings (SSSR count). The second-order valence-corrected chi connectivity index (χ2v) is 7.92. The zero-order valence-electron chi connectivity index (χ0n) is 11.8. The quantitative estimate of drug-likeness (QED) is 0.826. The van der Waals surface area contributed by atoms with E-state index in [0.29, 0.717) is 11.8 Å². The number of hydrogen-bond donors (Lipinski definition) is 2. The molecule has 5 fully saturated rings.